The van der Waals surface area contributed by atoms with Gasteiger partial charge in [0, 0.05) is 24.3 Å². The standard InChI is InChI=1S/C12H19N3O2/c1-5-15(6-2)11(16)7-10-8(3)13-9(4)14-12(10)17/h5-7H2,1-4H3,(H,13,14,17). The first-order chi connectivity index (χ1) is 7.99. The van der Waals surface area contributed by atoms with E-state index in [1.807, 2.05) is 13.8 Å². The SMILES string of the molecule is CCN(CC)C(=O)Cc1c(C)nc(C)[nH]c1=O. The molecule has 5 heteroatoms. The Kier molecular flexibility index (Phi) is 4.43. The molecule has 1 heterocycles. The van der Waals surface area contributed by atoms with Crippen LogP contribution in [0.3, 0.4) is 0 Å². The van der Waals surface area contributed by atoms with Crippen LogP contribution in [0.2, 0.25) is 0 Å². The summed E-state index contributed by atoms with van der Waals surface area (Å²) >= 11 is 0. The van der Waals surface area contributed by atoms with E-state index in [9.17, 15) is 9.59 Å². The Morgan fingerprint density at radius 2 is 1.88 bits per heavy atom. The lowest BCUT2D eigenvalue weighted by molar-refractivity contribution is -0.130. The molecule has 17 heavy (non-hydrogen) atoms. The van der Waals surface area contributed by atoms with Crippen molar-refractivity contribution in [2.75, 3.05) is 13.1 Å². The summed E-state index contributed by atoms with van der Waals surface area (Å²) in [5.41, 5.74) is 0.884. The topological polar surface area (TPSA) is 66.1 Å². The second kappa shape index (κ2) is 5.61. The summed E-state index contributed by atoms with van der Waals surface area (Å²) < 4.78 is 0. The van der Waals surface area contributed by atoms with Crippen molar-refractivity contribution in [3.63, 3.8) is 0 Å². The van der Waals surface area contributed by atoms with Gasteiger partial charge >= 0.3 is 0 Å². The van der Waals surface area contributed by atoms with E-state index in [2.05, 4.69) is 9.97 Å². The molecule has 5 nitrogen and oxygen atoms in total. The summed E-state index contributed by atoms with van der Waals surface area (Å²) in [7, 11) is 0. The van der Waals surface area contributed by atoms with Crippen molar-refractivity contribution >= 4 is 5.91 Å². The zero-order chi connectivity index (χ0) is 13.0. The van der Waals surface area contributed by atoms with Crippen LogP contribution in [-0.2, 0) is 11.2 Å². The molecular formula is C12H19N3O2. The molecule has 1 N–H and O–H groups in total. The average molecular weight is 237 g/mol. The summed E-state index contributed by atoms with van der Waals surface area (Å²) in [5, 5.41) is 0. The molecule has 94 valence electrons. The van der Waals surface area contributed by atoms with Crippen molar-refractivity contribution in [2.45, 2.75) is 34.1 Å². The molecule has 0 aliphatic heterocycles. The lowest BCUT2D eigenvalue weighted by Crippen LogP contribution is -2.34. The van der Waals surface area contributed by atoms with Gasteiger partial charge in [0.25, 0.3) is 5.56 Å². The Morgan fingerprint density at radius 1 is 1.29 bits per heavy atom. The average Bonchev–Trinajstić information content (AvgIpc) is 2.25. The Morgan fingerprint density at radius 3 is 2.35 bits per heavy atom. The molecule has 1 amide bonds. The third-order valence-electron chi connectivity index (χ3n) is 2.78. The van der Waals surface area contributed by atoms with Crippen molar-refractivity contribution in [1.29, 1.82) is 0 Å². The van der Waals surface area contributed by atoms with E-state index < -0.39 is 0 Å². The number of carbonyl (C=O) groups excluding carboxylic acids is 1. The predicted molar refractivity (Wildman–Crippen MR) is 66.0 cm³/mol. The highest BCUT2D eigenvalue weighted by atomic mass is 16.2. The highest BCUT2D eigenvalue weighted by Gasteiger charge is 2.15. The van der Waals surface area contributed by atoms with Crippen LogP contribution in [-0.4, -0.2) is 33.9 Å². The number of amides is 1. The van der Waals surface area contributed by atoms with Crippen LogP contribution in [0.5, 0.6) is 0 Å². The second-order valence-corrected chi connectivity index (χ2v) is 3.96. The number of nitrogens with zero attached hydrogens (tertiary/aromatic N) is 2. The fourth-order valence-corrected chi connectivity index (χ4v) is 1.80. The molecular weight excluding hydrogens is 218 g/mol. The fraction of sp³-hybridized carbons (Fsp3) is 0.583. The zero-order valence-electron chi connectivity index (χ0n) is 10.8. The van der Waals surface area contributed by atoms with Gasteiger partial charge in [-0.15, -0.1) is 0 Å². The molecule has 0 atom stereocenters. The van der Waals surface area contributed by atoms with Crippen LogP contribution in [0, 0.1) is 13.8 Å². The Hall–Kier alpha value is -1.65. The van der Waals surface area contributed by atoms with Gasteiger partial charge in [0.1, 0.15) is 5.82 Å². The van der Waals surface area contributed by atoms with Gasteiger partial charge in [-0.2, -0.15) is 0 Å². The van der Waals surface area contributed by atoms with Crippen LogP contribution in [0.25, 0.3) is 0 Å². The van der Waals surface area contributed by atoms with Crippen molar-refractivity contribution in [3.8, 4) is 0 Å². The number of carbonyl (C=O) groups is 1. The minimum absolute atomic E-state index is 0.0331. The van der Waals surface area contributed by atoms with E-state index in [4.69, 9.17) is 0 Å². The summed E-state index contributed by atoms with van der Waals surface area (Å²) in [6, 6.07) is 0. The molecule has 0 aliphatic rings. The number of hydrogen-bond donors (Lipinski definition) is 1. The number of aromatic nitrogens is 2. The van der Waals surface area contributed by atoms with Crippen LogP contribution in [0.4, 0.5) is 0 Å². The van der Waals surface area contributed by atoms with Crippen molar-refractivity contribution in [3.05, 3.63) is 27.4 Å². The highest BCUT2D eigenvalue weighted by Crippen LogP contribution is 2.02. The largest absolute Gasteiger partial charge is 0.343 e. The first-order valence-corrected chi connectivity index (χ1v) is 5.83. The quantitative estimate of drug-likeness (QED) is 0.842. The monoisotopic (exact) mass is 237 g/mol. The smallest absolute Gasteiger partial charge is 0.254 e. The molecule has 0 aromatic carbocycles. The number of aryl methyl sites for hydroxylation is 2. The molecule has 0 fully saturated rings. The predicted octanol–water partition coefficient (Wildman–Crippen LogP) is 0.798. The van der Waals surface area contributed by atoms with E-state index in [1.165, 1.54) is 0 Å². The molecule has 1 rings (SSSR count). The van der Waals surface area contributed by atoms with Crippen molar-refractivity contribution in [2.24, 2.45) is 0 Å². The maximum Gasteiger partial charge on any atom is 0.254 e. The normalized spacial score (nSPS) is 10.4. The summed E-state index contributed by atoms with van der Waals surface area (Å²) in [6.07, 6.45) is 0.121. The lowest BCUT2D eigenvalue weighted by atomic mass is 10.1. The minimum atomic E-state index is -0.212. The molecule has 0 saturated heterocycles. The fourth-order valence-electron chi connectivity index (χ4n) is 1.80. The van der Waals surface area contributed by atoms with Gasteiger partial charge in [-0.1, -0.05) is 0 Å². The number of aromatic amines is 1. The van der Waals surface area contributed by atoms with Gasteiger partial charge in [0.2, 0.25) is 5.91 Å². The highest BCUT2D eigenvalue weighted by molar-refractivity contribution is 5.78. The molecule has 1 aromatic heterocycles. The van der Waals surface area contributed by atoms with Gasteiger partial charge in [-0.3, -0.25) is 9.59 Å². The molecule has 0 bridgehead atoms. The van der Waals surface area contributed by atoms with E-state index in [-0.39, 0.29) is 17.9 Å². The van der Waals surface area contributed by atoms with Gasteiger partial charge < -0.3 is 9.88 Å². The van der Waals surface area contributed by atoms with Gasteiger partial charge in [-0.05, 0) is 27.7 Å². The Labute approximate surface area is 101 Å². The van der Waals surface area contributed by atoms with Gasteiger partial charge in [0.15, 0.2) is 0 Å². The van der Waals surface area contributed by atoms with E-state index in [1.54, 1.807) is 18.7 Å². The van der Waals surface area contributed by atoms with Crippen LogP contribution in [0.15, 0.2) is 4.79 Å². The summed E-state index contributed by atoms with van der Waals surface area (Å²) in [6.45, 7) is 8.65. The maximum absolute atomic E-state index is 11.9. The second-order valence-electron chi connectivity index (χ2n) is 3.96. The number of hydrogen-bond acceptors (Lipinski definition) is 3. The first-order valence-electron chi connectivity index (χ1n) is 5.83. The number of likely N-dealkylation sites (N-methyl/N-ethyl adjacent to an activating group) is 1. The van der Waals surface area contributed by atoms with Crippen molar-refractivity contribution in [1.82, 2.24) is 14.9 Å². The molecule has 0 unspecified atom stereocenters. The van der Waals surface area contributed by atoms with Gasteiger partial charge in [-0.25, -0.2) is 4.98 Å². The number of nitrogens with one attached hydrogen (secondary N) is 1. The first kappa shape index (κ1) is 13.4. The molecule has 0 radical (unpaired) electrons. The zero-order valence-corrected chi connectivity index (χ0v) is 10.8. The Bertz CT molecular complexity index is 461. The third-order valence-corrected chi connectivity index (χ3v) is 2.78. The minimum Gasteiger partial charge on any atom is -0.343 e. The lowest BCUT2D eigenvalue weighted by Gasteiger charge is -2.18. The maximum atomic E-state index is 11.9. The molecule has 0 spiro atoms. The van der Waals surface area contributed by atoms with Crippen molar-refractivity contribution < 1.29 is 4.79 Å². The van der Waals surface area contributed by atoms with E-state index in [0.717, 1.165) is 0 Å². The molecule has 0 saturated carbocycles. The summed E-state index contributed by atoms with van der Waals surface area (Å²) in [5.74, 6) is 0.542. The molecule has 0 aliphatic carbocycles. The summed E-state index contributed by atoms with van der Waals surface area (Å²) in [4.78, 5) is 32.1. The van der Waals surface area contributed by atoms with Crippen LogP contribution >= 0.6 is 0 Å². The van der Waals surface area contributed by atoms with Crippen LogP contribution in [0.1, 0.15) is 30.9 Å². The number of H-pyrrole nitrogens is 1. The number of rotatable bonds is 4. The van der Waals surface area contributed by atoms with Crippen LogP contribution < -0.4 is 5.56 Å². The van der Waals surface area contributed by atoms with E-state index >= 15 is 0 Å². The Balaban J connectivity index is 2.96. The van der Waals surface area contributed by atoms with Gasteiger partial charge in [0.05, 0.1) is 6.42 Å². The molecule has 1 aromatic rings. The van der Waals surface area contributed by atoms with E-state index in [0.29, 0.717) is 30.2 Å². The third kappa shape index (κ3) is 3.15.